The molecule has 5 rings (SSSR count). The smallest absolute Gasteiger partial charge is 0.301 e. The number of carbonyl (C=O) groups excluding carboxylic acids is 2. The van der Waals surface area contributed by atoms with Crippen LogP contribution in [0.3, 0.4) is 0 Å². The number of anilines is 1. The second kappa shape index (κ2) is 9.16. The summed E-state index contributed by atoms with van der Waals surface area (Å²) in [5, 5.41) is 11.6. The van der Waals surface area contributed by atoms with E-state index in [-0.39, 0.29) is 11.3 Å². The Labute approximate surface area is 213 Å². The fraction of sp³-hybridized carbons (Fsp3) is 0.115. The number of ketones is 1. The van der Waals surface area contributed by atoms with Gasteiger partial charge in [-0.3, -0.25) is 14.5 Å². The number of rotatable bonds is 5. The molecule has 7 nitrogen and oxygen atoms in total. The summed E-state index contributed by atoms with van der Waals surface area (Å²) < 4.78 is 12.5. The summed E-state index contributed by atoms with van der Waals surface area (Å²) in [5.41, 5.74) is 1.68. The number of hydrogen-bond acceptors (Lipinski definition) is 7. The van der Waals surface area contributed by atoms with Crippen LogP contribution in [0.25, 0.3) is 16.0 Å². The number of fused-ring (bicyclic) bond motifs is 1. The first-order valence-corrected chi connectivity index (χ1v) is 12.2. The lowest BCUT2D eigenvalue weighted by molar-refractivity contribution is -0.132. The van der Waals surface area contributed by atoms with Crippen LogP contribution < -0.4 is 14.4 Å². The number of aliphatic hydroxyl groups is 1. The van der Waals surface area contributed by atoms with Gasteiger partial charge in [-0.25, -0.2) is 4.98 Å². The molecule has 0 saturated carbocycles. The molecule has 1 N–H and O–H groups in total. The number of aromatic nitrogens is 1. The van der Waals surface area contributed by atoms with Gasteiger partial charge < -0.3 is 14.6 Å². The van der Waals surface area contributed by atoms with Crippen LogP contribution in [0.4, 0.5) is 5.13 Å². The van der Waals surface area contributed by atoms with Crippen LogP contribution in [0.2, 0.25) is 0 Å². The van der Waals surface area contributed by atoms with E-state index in [9.17, 15) is 14.7 Å². The average molecular weight is 551 g/mol. The summed E-state index contributed by atoms with van der Waals surface area (Å²) in [7, 11) is 3.03. The van der Waals surface area contributed by atoms with E-state index in [4.69, 9.17) is 9.47 Å². The van der Waals surface area contributed by atoms with Crippen molar-refractivity contribution in [1.82, 2.24) is 4.98 Å². The van der Waals surface area contributed by atoms with E-state index in [1.54, 1.807) is 48.5 Å². The van der Waals surface area contributed by atoms with E-state index in [0.717, 1.165) is 9.17 Å². The van der Waals surface area contributed by atoms with E-state index >= 15 is 0 Å². The summed E-state index contributed by atoms with van der Waals surface area (Å²) in [4.78, 5) is 32.7. The number of hydrogen-bond donors (Lipinski definition) is 1. The molecule has 3 aromatic carbocycles. The van der Waals surface area contributed by atoms with Crippen LogP contribution >= 0.6 is 27.3 Å². The van der Waals surface area contributed by atoms with Gasteiger partial charge in [-0.05, 0) is 35.9 Å². The van der Waals surface area contributed by atoms with Gasteiger partial charge in [0.1, 0.15) is 5.76 Å². The second-order valence-corrected chi connectivity index (χ2v) is 9.68. The molecule has 1 aliphatic rings. The monoisotopic (exact) mass is 550 g/mol. The van der Waals surface area contributed by atoms with Gasteiger partial charge in [0.15, 0.2) is 16.6 Å². The predicted octanol–water partition coefficient (Wildman–Crippen LogP) is 5.70. The molecule has 176 valence electrons. The van der Waals surface area contributed by atoms with Gasteiger partial charge >= 0.3 is 5.91 Å². The van der Waals surface area contributed by atoms with Crippen molar-refractivity contribution in [3.05, 3.63) is 87.9 Å². The van der Waals surface area contributed by atoms with Gasteiger partial charge in [0.25, 0.3) is 5.78 Å². The van der Waals surface area contributed by atoms with Gasteiger partial charge in [-0.1, -0.05) is 63.7 Å². The molecule has 1 amide bonds. The molecule has 4 aromatic rings. The van der Waals surface area contributed by atoms with E-state index in [2.05, 4.69) is 20.9 Å². The number of carbonyl (C=O) groups is 2. The molecule has 35 heavy (non-hydrogen) atoms. The number of amides is 1. The van der Waals surface area contributed by atoms with Gasteiger partial charge in [0.2, 0.25) is 0 Å². The molecule has 1 aromatic heterocycles. The number of Topliss-reactive ketones (excluding diaryl/α,β-unsaturated/α-hetero) is 1. The molecule has 1 atom stereocenters. The van der Waals surface area contributed by atoms with E-state index in [1.165, 1.54) is 30.5 Å². The van der Waals surface area contributed by atoms with E-state index < -0.39 is 17.7 Å². The van der Waals surface area contributed by atoms with E-state index in [1.807, 2.05) is 18.2 Å². The van der Waals surface area contributed by atoms with Gasteiger partial charge in [-0.15, -0.1) is 0 Å². The predicted molar refractivity (Wildman–Crippen MR) is 138 cm³/mol. The lowest BCUT2D eigenvalue weighted by Crippen LogP contribution is -2.29. The lowest BCUT2D eigenvalue weighted by Gasteiger charge is -2.23. The van der Waals surface area contributed by atoms with Crippen LogP contribution in [0.15, 0.2) is 76.8 Å². The fourth-order valence-electron chi connectivity index (χ4n) is 4.11. The Morgan fingerprint density at radius 2 is 1.74 bits per heavy atom. The normalized spacial score (nSPS) is 17.2. The maximum atomic E-state index is 13.4. The number of halogens is 1. The number of ether oxygens (including phenoxy) is 2. The second-order valence-electron chi connectivity index (χ2n) is 7.76. The summed E-state index contributed by atoms with van der Waals surface area (Å²) in [6.07, 6.45) is 0. The third-order valence-electron chi connectivity index (χ3n) is 5.76. The van der Waals surface area contributed by atoms with Crippen LogP contribution in [0.1, 0.15) is 17.2 Å². The Balaban J connectivity index is 1.75. The number of benzene rings is 3. The van der Waals surface area contributed by atoms with Crippen LogP contribution in [0, 0.1) is 0 Å². The van der Waals surface area contributed by atoms with Crippen LogP contribution in [0.5, 0.6) is 11.5 Å². The third-order valence-corrected chi connectivity index (χ3v) is 7.27. The Kier molecular flexibility index (Phi) is 6.04. The van der Waals surface area contributed by atoms with Gasteiger partial charge in [0, 0.05) is 10.0 Å². The Morgan fingerprint density at radius 1 is 1.00 bits per heavy atom. The minimum absolute atomic E-state index is 0.0196. The minimum Gasteiger partial charge on any atom is -0.507 e. The average Bonchev–Trinajstić information content (AvgIpc) is 3.41. The maximum Gasteiger partial charge on any atom is 0.301 e. The molecule has 1 saturated heterocycles. The number of aliphatic hydroxyl groups excluding tert-OH is 1. The fourth-order valence-corrected chi connectivity index (χ4v) is 5.65. The van der Waals surface area contributed by atoms with Crippen molar-refractivity contribution in [2.45, 2.75) is 6.04 Å². The molecule has 0 aliphatic carbocycles. The Bertz CT molecular complexity index is 1500. The highest BCUT2D eigenvalue weighted by molar-refractivity contribution is 9.10. The number of nitrogens with zero attached hydrogens (tertiary/aromatic N) is 2. The summed E-state index contributed by atoms with van der Waals surface area (Å²) >= 11 is 4.75. The first kappa shape index (κ1) is 23.1. The highest BCUT2D eigenvalue weighted by Crippen LogP contribution is 2.46. The molecule has 9 heteroatoms. The first-order valence-electron chi connectivity index (χ1n) is 10.6. The molecule has 1 fully saturated rings. The zero-order valence-electron chi connectivity index (χ0n) is 18.7. The van der Waals surface area contributed by atoms with Crippen molar-refractivity contribution >= 4 is 60.1 Å². The quantitative estimate of drug-likeness (QED) is 0.195. The molecule has 0 bridgehead atoms. The van der Waals surface area contributed by atoms with E-state index in [0.29, 0.717) is 33.3 Å². The topological polar surface area (TPSA) is 89.0 Å². The number of thiazole rings is 1. The molecule has 0 radical (unpaired) electrons. The third kappa shape index (κ3) is 3.96. The van der Waals surface area contributed by atoms with Crippen molar-refractivity contribution in [3.63, 3.8) is 0 Å². The molecule has 2 heterocycles. The maximum absolute atomic E-state index is 13.4. The minimum atomic E-state index is -0.918. The van der Waals surface area contributed by atoms with Crippen LogP contribution in [-0.4, -0.2) is 36.0 Å². The first-order chi connectivity index (χ1) is 16.9. The molecule has 1 aliphatic heterocycles. The van der Waals surface area contributed by atoms with Crippen molar-refractivity contribution in [3.8, 4) is 11.5 Å². The molecular weight excluding hydrogens is 532 g/mol. The zero-order valence-corrected chi connectivity index (χ0v) is 21.1. The summed E-state index contributed by atoms with van der Waals surface area (Å²) in [6.45, 7) is 0. The number of methoxy groups -OCH3 is 2. The molecular formula is C26H19BrN2O5S. The summed E-state index contributed by atoms with van der Waals surface area (Å²) in [6, 6.07) is 18.5. The molecule has 1 unspecified atom stereocenters. The standard InChI is InChI=1S/C26H19BrN2O5S/c1-33-18-11-8-15(12-19(18)34-2)22-21(23(30)14-6-4-3-5-7-14)24(31)25(32)29(22)26-28-17-10-9-16(27)13-20(17)35-26/h3-13,22,30H,1-2H3. The SMILES string of the molecule is COc1ccc(C2C(=C(O)c3ccccc3)C(=O)C(=O)N2c2nc3ccc(Br)cc3s2)cc1OC. The van der Waals surface area contributed by atoms with Gasteiger partial charge in [0.05, 0.1) is 36.1 Å². The summed E-state index contributed by atoms with van der Waals surface area (Å²) in [5.74, 6) is -0.869. The van der Waals surface area contributed by atoms with Crippen molar-refractivity contribution in [1.29, 1.82) is 0 Å². The van der Waals surface area contributed by atoms with Crippen LogP contribution in [-0.2, 0) is 9.59 Å². The van der Waals surface area contributed by atoms with Crippen molar-refractivity contribution < 1.29 is 24.2 Å². The lowest BCUT2D eigenvalue weighted by atomic mass is 9.95. The molecule has 0 spiro atoms. The Morgan fingerprint density at radius 3 is 2.46 bits per heavy atom. The highest BCUT2D eigenvalue weighted by Gasteiger charge is 2.48. The van der Waals surface area contributed by atoms with Gasteiger partial charge in [-0.2, -0.15) is 0 Å². The largest absolute Gasteiger partial charge is 0.507 e. The van der Waals surface area contributed by atoms with Crippen molar-refractivity contribution in [2.75, 3.05) is 19.1 Å². The highest BCUT2D eigenvalue weighted by atomic mass is 79.9. The Hall–Kier alpha value is -3.69. The zero-order chi connectivity index (χ0) is 24.7. The van der Waals surface area contributed by atoms with Crippen molar-refractivity contribution in [2.24, 2.45) is 0 Å².